The molecule has 11 heteroatoms. The number of alkyl halides is 3. The number of hydrogen-bond acceptors (Lipinski definition) is 4. The van der Waals surface area contributed by atoms with E-state index in [2.05, 4.69) is 4.74 Å². The Morgan fingerprint density at radius 3 is 1.97 bits per heavy atom. The van der Waals surface area contributed by atoms with Gasteiger partial charge in [-0.05, 0) is 47.5 Å². The normalized spacial score (nSPS) is 17.4. The highest BCUT2D eigenvalue weighted by Crippen LogP contribution is 2.38. The van der Waals surface area contributed by atoms with Crippen molar-refractivity contribution in [2.24, 2.45) is 0 Å². The van der Waals surface area contributed by atoms with Crippen molar-refractivity contribution in [1.29, 1.82) is 0 Å². The van der Waals surface area contributed by atoms with Crippen LogP contribution in [0.15, 0.2) is 77.7 Å². The van der Waals surface area contributed by atoms with E-state index in [9.17, 15) is 35.2 Å². The first kappa shape index (κ1) is 25.8. The summed E-state index contributed by atoms with van der Waals surface area (Å²) in [6.07, 6.45) is -5.30. The molecule has 5 nitrogen and oxygen atoms in total. The van der Waals surface area contributed by atoms with Gasteiger partial charge in [0.1, 0.15) is 23.2 Å². The Balaban J connectivity index is 1.80. The smallest absolute Gasteiger partial charge is 0.406 e. The van der Waals surface area contributed by atoms with Gasteiger partial charge in [-0.2, -0.15) is 4.31 Å². The zero-order valence-electron chi connectivity index (χ0n) is 18.6. The van der Waals surface area contributed by atoms with Gasteiger partial charge in [0, 0.05) is 37.4 Å². The predicted octanol–water partition coefficient (Wildman–Crippen LogP) is 5.42. The number of nitrogens with zero attached hydrogens (tertiary/aromatic N) is 1. The molecule has 0 aliphatic carbocycles. The lowest BCUT2D eigenvalue weighted by Crippen LogP contribution is -2.49. The molecule has 0 saturated carbocycles. The zero-order chi connectivity index (χ0) is 26.1. The molecule has 4 rings (SSSR count). The summed E-state index contributed by atoms with van der Waals surface area (Å²) in [5, 5.41) is 0. The molecule has 1 aliphatic heterocycles. The van der Waals surface area contributed by atoms with Crippen LogP contribution in [0.4, 0.5) is 22.0 Å². The molecular weight excluding hydrogens is 505 g/mol. The highest BCUT2D eigenvalue weighted by atomic mass is 32.2. The first-order valence-electron chi connectivity index (χ1n) is 10.8. The number of Topliss-reactive ketones (excluding diaryl/α,β-unsaturated/α-hetero) is 1. The van der Waals surface area contributed by atoms with E-state index < -0.39 is 50.6 Å². The van der Waals surface area contributed by atoms with Gasteiger partial charge in [-0.15, -0.1) is 13.2 Å². The third kappa shape index (κ3) is 5.73. The lowest BCUT2D eigenvalue weighted by Gasteiger charge is -2.39. The van der Waals surface area contributed by atoms with Crippen LogP contribution in [0.5, 0.6) is 5.75 Å². The fourth-order valence-corrected chi connectivity index (χ4v) is 6.04. The van der Waals surface area contributed by atoms with E-state index in [1.807, 2.05) is 0 Å². The van der Waals surface area contributed by atoms with Gasteiger partial charge < -0.3 is 4.74 Å². The van der Waals surface area contributed by atoms with Crippen molar-refractivity contribution >= 4 is 15.8 Å². The van der Waals surface area contributed by atoms with Crippen LogP contribution in [0.3, 0.4) is 0 Å². The van der Waals surface area contributed by atoms with Crippen LogP contribution in [-0.4, -0.2) is 37.5 Å². The fraction of sp³-hybridized carbons (Fsp3) is 0.240. The van der Waals surface area contributed by atoms with Crippen molar-refractivity contribution in [3.8, 4) is 5.75 Å². The molecule has 0 spiro atoms. The molecule has 3 aromatic carbocycles. The van der Waals surface area contributed by atoms with Gasteiger partial charge in [-0.3, -0.25) is 4.79 Å². The van der Waals surface area contributed by atoms with Gasteiger partial charge in [-0.25, -0.2) is 17.2 Å². The second kappa shape index (κ2) is 9.98. The Bertz CT molecular complexity index is 1300. The van der Waals surface area contributed by atoms with Crippen LogP contribution in [0.25, 0.3) is 0 Å². The van der Waals surface area contributed by atoms with Gasteiger partial charge in [0.25, 0.3) is 0 Å². The number of ether oxygens (including phenoxy) is 1. The van der Waals surface area contributed by atoms with Crippen molar-refractivity contribution < 1.29 is 39.9 Å². The number of carbonyl (C=O) groups excluding carboxylic acids is 1. The number of halogens is 5. The Kier molecular flexibility index (Phi) is 7.14. The minimum Gasteiger partial charge on any atom is -0.406 e. The molecule has 190 valence electrons. The SMILES string of the molecule is O=C1CCN(S(=O)(=O)c2cccc(OC(F)(F)F)c2)C(C(c2ccc(F)cc2)c2ccc(F)cc2)C1. The van der Waals surface area contributed by atoms with Crippen molar-refractivity contribution in [1.82, 2.24) is 4.31 Å². The lowest BCUT2D eigenvalue weighted by atomic mass is 9.81. The quantitative estimate of drug-likeness (QED) is 0.404. The van der Waals surface area contributed by atoms with Gasteiger partial charge in [0.05, 0.1) is 4.90 Å². The Hall–Kier alpha value is -3.31. The maximum absolute atomic E-state index is 13.7. The van der Waals surface area contributed by atoms with E-state index in [1.54, 1.807) is 0 Å². The summed E-state index contributed by atoms with van der Waals surface area (Å²) < 4.78 is 97.6. The molecule has 1 aliphatic rings. The third-order valence-electron chi connectivity index (χ3n) is 5.91. The predicted molar refractivity (Wildman–Crippen MR) is 120 cm³/mol. The molecule has 1 fully saturated rings. The molecule has 0 N–H and O–H groups in total. The van der Waals surface area contributed by atoms with Crippen molar-refractivity contribution in [3.05, 3.63) is 95.6 Å². The van der Waals surface area contributed by atoms with Gasteiger partial charge >= 0.3 is 6.36 Å². The van der Waals surface area contributed by atoms with E-state index in [4.69, 9.17) is 0 Å². The number of benzene rings is 3. The summed E-state index contributed by atoms with van der Waals surface area (Å²) in [4.78, 5) is 12.0. The summed E-state index contributed by atoms with van der Waals surface area (Å²) in [6.45, 7) is -0.213. The maximum Gasteiger partial charge on any atom is 0.573 e. The molecule has 0 amide bonds. The van der Waals surface area contributed by atoms with E-state index in [1.165, 1.54) is 48.5 Å². The maximum atomic E-state index is 13.7. The molecule has 36 heavy (non-hydrogen) atoms. The van der Waals surface area contributed by atoms with Crippen molar-refractivity contribution in [2.45, 2.75) is 36.1 Å². The molecule has 1 heterocycles. The van der Waals surface area contributed by atoms with Gasteiger partial charge in [0.15, 0.2) is 0 Å². The molecule has 0 aromatic heterocycles. The number of rotatable bonds is 6. The second-order valence-electron chi connectivity index (χ2n) is 8.28. The highest BCUT2D eigenvalue weighted by Gasteiger charge is 2.42. The first-order valence-corrected chi connectivity index (χ1v) is 12.3. The molecule has 3 aromatic rings. The van der Waals surface area contributed by atoms with Gasteiger partial charge in [-0.1, -0.05) is 30.3 Å². The highest BCUT2D eigenvalue weighted by molar-refractivity contribution is 7.89. The fourth-order valence-electron chi connectivity index (χ4n) is 4.36. The molecule has 1 unspecified atom stereocenters. The van der Waals surface area contributed by atoms with Crippen molar-refractivity contribution in [2.75, 3.05) is 6.54 Å². The first-order chi connectivity index (χ1) is 16.9. The van der Waals surface area contributed by atoms with Gasteiger partial charge in [0.2, 0.25) is 10.0 Å². The lowest BCUT2D eigenvalue weighted by molar-refractivity contribution is -0.274. The number of carbonyl (C=O) groups is 1. The third-order valence-corrected chi connectivity index (χ3v) is 7.83. The largest absolute Gasteiger partial charge is 0.573 e. The summed E-state index contributed by atoms with van der Waals surface area (Å²) in [6, 6.07) is 13.5. The Morgan fingerprint density at radius 2 is 1.44 bits per heavy atom. The summed E-state index contributed by atoms with van der Waals surface area (Å²) in [7, 11) is -4.40. The molecule has 1 saturated heterocycles. The van der Waals surface area contributed by atoms with Crippen LogP contribution < -0.4 is 4.74 Å². The Morgan fingerprint density at radius 1 is 0.889 bits per heavy atom. The van der Waals surface area contributed by atoms with E-state index >= 15 is 0 Å². The van der Waals surface area contributed by atoms with E-state index in [0.29, 0.717) is 11.1 Å². The number of sulfonamides is 1. The zero-order valence-corrected chi connectivity index (χ0v) is 19.4. The van der Waals surface area contributed by atoms with Crippen LogP contribution in [0.2, 0.25) is 0 Å². The summed E-state index contributed by atoms with van der Waals surface area (Å²) in [5.74, 6) is -2.76. The topological polar surface area (TPSA) is 63.7 Å². The summed E-state index contributed by atoms with van der Waals surface area (Å²) >= 11 is 0. The average Bonchev–Trinajstić information content (AvgIpc) is 2.81. The number of ketones is 1. The van der Waals surface area contributed by atoms with Crippen LogP contribution in [-0.2, 0) is 14.8 Å². The molecule has 0 radical (unpaired) electrons. The molecular formula is C25H20F5NO4S. The number of hydrogen-bond donors (Lipinski definition) is 0. The van der Waals surface area contributed by atoms with Crippen molar-refractivity contribution in [3.63, 3.8) is 0 Å². The Labute approximate surface area is 204 Å². The summed E-state index contributed by atoms with van der Waals surface area (Å²) in [5.41, 5.74) is 0.967. The molecule has 1 atom stereocenters. The van der Waals surface area contributed by atoms with E-state index in [-0.39, 0.29) is 25.2 Å². The minimum atomic E-state index is -5.02. The van der Waals surface area contributed by atoms with Crippen LogP contribution >= 0.6 is 0 Å². The average molecular weight is 525 g/mol. The minimum absolute atomic E-state index is 0.0893. The number of piperidine rings is 1. The second-order valence-corrected chi connectivity index (χ2v) is 10.2. The molecule has 0 bridgehead atoms. The van der Waals surface area contributed by atoms with Crippen LogP contribution in [0, 0.1) is 11.6 Å². The standard InChI is InChI=1S/C25H20F5NO4S/c26-18-8-4-16(5-9-18)24(17-6-10-19(27)11-7-17)23-14-20(32)12-13-31(23)36(33,34)22-3-1-2-21(15-22)35-25(28,29)30/h1-11,15,23-24H,12-14H2. The van der Waals surface area contributed by atoms with Crippen LogP contribution in [0.1, 0.15) is 29.9 Å². The monoisotopic (exact) mass is 525 g/mol. The van der Waals surface area contributed by atoms with E-state index in [0.717, 1.165) is 28.6 Å².